The molecule has 0 aromatic rings. The number of carboxylic acid groups (broad SMARTS) is 1. The number of imide groups is 1. The van der Waals surface area contributed by atoms with Crippen LogP contribution < -0.4 is 10.6 Å². The summed E-state index contributed by atoms with van der Waals surface area (Å²) in [6.07, 6.45) is 2.99. The first kappa shape index (κ1) is 13.5. The van der Waals surface area contributed by atoms with E-state index in [0.717, 1.165) is 19.3 Å². The van der Waals surface area contributed by atoms with E-state index < -0.39 is 17.9 Å². The summed E-state index contributed by atoms with van der Waals surface area (Å²) in [5, 5.41) is 13.4. The highest BCUT2D eigenvalue weighted by molar-refractivity contribution is 5.94. The van der Waals surface area contributed by atoms with Gasteiger partial charge >= 0.3 is 12.0 Å². The number of rotatable bonds is 5. The summed E-state index contributed by atoms with van der Waals surface area (Å²) in [6.45, 7) is 1.66. The topological polar surface area (TPSA) is 95.5 Å². The fourth-order valence-electron chi connectivity index (χ4n) is 1.64. The molecule has 0 radical (unpaired) electrons. The van der Waals surface area contributed by atoms with Gasteiger partial charge in [0.1, 0.15) is 0 Å². The van der Waals surface area contributed by atoms with Gasteiger partial charge in [-0.1, -0.05) is 6.92 Å². The third kappa shape index (κ3) is 5.33. The number of carboxylic acids is 1. The molecule has 6 heteroatoms. The molecule has 0 saturated heterocycles. The first-order valence-corrected chi connectivity index (χ1v) is 5.79. The molecule has 0 heterocycles. The van der Waals surface area contributed by atoms with Crippen LogP contribution in [0.3, 0.4) is 0 Å². The Kier molecular flexibility index (Phi) is 4.93. The van der Waals surface area contributed by atoms with Crippen molar-refractivity contribution in [3.8, 4) is 0 Å². The summed E-state index contributed by atoms with van der Waals surface area (Å²) in [4.78, 5) is 33.1. The molecule has 1 saturated carbocycles. The van der Waals surface area contributed by atoms with Crippen LogP contribution in [0.5, 0.6) is 0 Å². The third-order valence-corrected chi connectivity index (χ3v) is 2.75. The van der Waals surface area contributed by atoms with Crippen molar-refractivity contribution in [2.75, 3.05) is 0 Å². The molecule has 1 rings (SSSR count). The summed E-state index contributed by atoms with van der Waals surface area (Å²) in [7, 11) is 0. The first-order valence-electron chi connectivity index (χ1n) is 5.79. The van der Waals surface area contributed by atoms with Crippen LogP contribution in [0.1, 0.15) is 39.0 Å². The van der Waals surface area contributed by atoms with E-state index in [9.17, 15) is 14.4 Å². The quantitative estimate of drug-likeness (QED) is 0.666. The van der Waals surface area contributed by atoms with E-state index in [1.54, 1.807) is 6.92 Å². The van der Waals surface area contributed by atoms with Gasteiger partial charge < -0.3 is 10.4 Å². The molecule has 0 aromatic heterocycles. The Morgan fingerprint density at radius 3 is 2.41 bits per heavy atom. The minimum Gasteiger partial charge on any atom is -0.481 e. The molecular weight excluding hydrogens is 224 g/mol. The Morgan fingerprint density at radius 2 is 1.94 bits per heavy atom. The summed E-state index contributed by atoms with van der Waals surface area (Å²) >= 11 is 0. The van der Waals surface area contributed by atoms with E-state index in [-0.39, 0.29) is 24.8 Å². The van der Waals surface area contributed by atoms with Crippen LogP contribution in [0.2, 0.25) is 0 Å². The number of hydrogen-bond donors (Lipinski definition) is 3. The summed E-state index contributed by atoms with van der Waals surface area (Å²) in [6, 6.07) is -0.304. The number of hydrogen-bond acceptors (Lipinski definition) is 3. The van der Waals surface area contributed by atoms with Gasteiger partial charge in [-0.05, 0) is 25.2 Å². The lowest BCUT2D eigenvalue weighted by atomic mass is 9.93. The van der Waals surface area contributed by atoms with Gasteiger partial charge in [-0.15, -0.1) is 0 Å². The van der Waals surface area contributed by atoms with Gasteiger partial charge in [0.05, 0.1) is 0 Å². The zero-order valence-corrected chi connectivity index (χ0v) is 9.86. The molecule has 3 N–H and O–H groups in total. The molecule has 96 valence electrons. The highest BCUT2D eigenvalue weighted by Gasteiger charge is 2.21. The highest BCUT2D eigenvalue weighted by atomic mass is 16.4. The predicted octanol–water partition coefficient (Wildman–Crippen LogP) is 0.866. The molecular formula is C11H18N2O4. The van der Waals surface area contributed by atoms with Crippen molar-refractivity contribution in [1.82, 2.24) is 10.6 Å². The third-order valence-electron chi connectivity index (χ3n) is 2.75. The molecule has 1 aliphatic rings. The molecule has 17 heavy (non-hydrogen) atoms. The van der Waals surface area contributed by atoms with Crippen molar-refractivity contribution in [2.24, 2.45) is 5.92 Å². The van der Waals surface area contributed by atoms with Crippen LogP contribution >= 0.6 is 0 Å². The standard InChI is InChI=1S/C11H18N2O4/c1-7(6-10(15)16)5-9(14)13-11(17)12-8-3-2-4-8/h7-8H,2-6H2,1H3,(H,15,16)(H2,12,13,14,17). The molecule has 6 nitrogen and oxygen atoms in total. The molecule has 1 unspecified atom stereocenters. The minimum atomic E-state index is -0.941. The van der Waals surface area contributed by atoms with Crippen molar-refractivity contribution in [2.45, 2.75) is 45.1 Å². The molecule has 1 atom stereocenters. The second-order valence-corrected chi connectivity index (χ2v) is 4.56. The molecule has 0 spiro atoms. The largest absolute Gasteiger partial charge is 0.481 e. The Morgan fingerprint density at radius 1 is 1.29 bits per heavy atom. The van der Waals surface area contributed by atoms with E-state index in [0.29, 0.717) is 0 Å². The Balaban J connectivity index is 2.18. The second-order valence-electron chi connectivity index (χ2n) is 4.56. The van der Waals surface area contributed by atoms with Gasteiger partial charge in [-0.2, -0.15) is 0 Å². The highest BCUT2D eigenvalue weighted by Crippen LogP contribution is 2.17. The summed E-state index contributed by atoms with van der Waals surface area (Å²) in [5.41, 5.74) is 0. The smallest absolute Gasteiger partial charge is 0.321 e. The van der Waals surface area contributed by atoms with Crippen molar-refractivity contribution >= 4 is 17.9 Å². The van der Waals surface area contributed by atoms with Crippen LogP contribution in [-0.2, 0) is 9.59 Å². The van der Waals surface area contributed by atoms with E-state index in [1.807, 2.05) is 0 Å². The predicted molar refractivity (Wildman–Crippen MR) is 60.3 cm³/mol. The monoisotopic (exact) mass is 242 g/mol. The van der Waals surface area contributed by atoms with Crippen LogP contribution in [0.25, 0.3) is 0 Å². The van der Waals surface area contributed by atoms with Gasteiger partial charge in [0.2, 0.25) is 5.91 Å². The van der Waals surface area contributed by atoms with E-state index in [1.165, 1.54) is 0 Å². The molecule has 0 aliphatic heterocycles. The van der Waals surface area contributed by atoms with E-state index in [2.05, 4.69) is 10.6 Å². The van der Waals surface area contributed by atoms with Crippen LogP contribution in [-0.4, -0.2) is 29.1 Å². The SMILES string of the molecule is CC(CC(=O)O)CC(=O)NC(=O)NC1CCC1. The van der Waals surface area contributed by atoms with Crippen LogP contribution in [0.15, 0.2) is 0 Å². The number of carbonyl (C=O) groups is 3. The zero-order valence-electron chi connectivity index (χ0n) is 9.86. The fourth-order valence-corrected chi connectivity index (χ4v) is 1.64. The number of urea groups is 1. The maximum absolute atomic E-state index is 11.4. The zero-order chi connectivity index (χ0) is 12.8. The maximum atomic E-state index is 11.4. The van der Waals surface area contributed by atoms with Crippen molar-refractivity contribution < 1.29 is 19.5 Å². The van der Waals surface area contributed by atoms with Crippen molar-refractivity contribution in [3.63, 3.8) is 0 Å². The second kappa shape index (κ2) is 6.22. The van der Waals surface area contributed by atoms with Crippen LogP contribution in [0.4, 0.5) is 4.79 Å². The Hall–Kier alpha value is -1.59. The number of carbonyl (C=O) groups excluding carboxylic acids is 2. The molecule has 1 fully saturated rings. The van der Waals surface area contributed by atoms with E-state index >= 15 is 0 Å². The maximum Gasteiger partial charge on any atom is 0.321 e. The van der Waals surface area contributed by atoms with E-state index in [4.69, 9.17) is 5.11 Å². The fraction of sp³-hybridized carbons (Fsp3) is 0.727. The number of aliphatic carboxylic acids is 1. The number of nitrogens with one attached hydrogen (secondary N) is 2. The molecule has 3 amide bonds. The lowest BCUT2D eigenvalue weighted by molar-refractivity contribution is -0.138. The van der Waals surface area contributed by atoms with Gasteiger partial charge in [0, 0.05) is 18.9 Å². The molecule has 0 aromatic carbocycles. The molecule has 1 aliphatic carbocycles. The van der Waals surface area contributed by atoms with Crippen LogP contribution in [0, 0.1) is 5.92 Å². The normalized spacial score (nSPS) is 16.8. The first-order chi connectivity index (χ1) is 7.97. The van der Waals surface area contributed by atoms with Gasteiger partial charge in [-0.3, -0.25) is 14.9 Å². The van der Waals surface area contributed by atoms with Gasteiger partial charge in [0.25, 0.3) is 0 Å². The van der Waals surface area contributed by atoms with Crippen molar-refractivity contribution in [3.05, 3.63) is 0 Å². The molecule has 0 bridgehead atoms. The average Bonchev–Trinajstić information content (AvgIpc) is 2.09. The lowest BCUT2D eigenvalue weighted by Crippen LogP contribution is -2.47. The lowest BCUT2D eigenvalue weighted by Gasteiger charge is -2.26. The van der Waals surface area contributed by atoms with Gasteiger partial charge in [0.15, 0.2) is 0 Å². The summed E-state index contributed by atoms with van der Waals surface area (Å²) < 4.78 is 0. The average molecular weight is 242 g/mol. The Bertz CT molecular complexity index is 313. The summed E-state index contributed by atoms with van der Waals surface area (Å²) in [5.74, 6) is -1.65. The Labute approximate surface area is 99.8 Å². The number of amides is 3. The minimum absolute atomic E-state index is 0.0460. The van der Waals surface area contributed by atoms with Crippen molar-refractivity contribution in [1.29, 1.82) is 0 Å². The van der Waals surface area contributed by atoms with Gasteiger partial charge in [-0.25, -0.2) is 4.79 Å².